The fourth-order valence-electron chi connectivity index (χ4n) is 6.66. The number of benzene rings is 7. The molecule has 0 aliphatic carbocycles. The highest BCUT2D eigenvalue weighted by atomic mass is 32.1. The highest BCUT2D eigenvalue weighted by Gasteiger charge is 2.19. The molecule has 0 radical (unpaired) electrons. The summed E-state index contributed by atoms with van der Waals surface area (Å²) in [5.41, 5.74) is 6.34. The number of fused-ring (bicyclic) bond motifs is 9. The molecule has 0 N–H and O–H groups in total. The van der Waals surface area contributed by atoms with Crippen molar-refractivity contribution < 1.29 is 4.42 Å². The number of aromatic nitrogens is 4. The van der Waals surface area contributed by atoms with Gasteiger partial charge in [0.15, 0.2) is 23.1 Å². The Morgan fingerprint density at radius 3 is 1.83 bits per heavy atom. The van der Waals surface area contributed by atoms with Crippen LogP contribution in [0, 0.1) is 0 Å². The van der Waals surface area contributed by atoms with Crippen LogP contribution in [0.5, 0.6) is 0 Å². The first-order valence-corrected chi connectivity index (χ1v) is 16.6. The van der Waals surface area contributed by atoms with Crippen molar-refractivity contribution >= 4 is 65.0 Å². The number of thiazole rings is 1. The molecule has 10 rings (SSSR count). The van der Waals surface area contributed by atoms with Crippen LogP contribution in [0.4, 0.5) is 0 Å². The molecule has 0 bridgehead atoms. The fraction of sp³-hybridized carbons (Fsp3) is 0. The van der Waals surface area contributed by atoms with Crippen LogP contribution in [0.1, 0.15) is 0 Å². The maximum Gasteiger partial charge on any atom is 0.164 e. The van der Waals surface area contributed by atoms with Crippen molar-refractivity contribution in [2.75, 3.05) is 0 Å². The van der Waals surface area contributed by atoms with Crippen molar-refractivity contribution in [1.82, 2.24) is 19.9 Å². The maximum absolute atomic E-state index is 6.59. The van der Waals surface area contributed by atoms with Gasteiger partial charge in [-0.05, 0) is 40.4 Å². The minimum atomic E-state index is 0.615. The predicted octanol–water partition coefficient (Wildman–Crippen LogP) is 11.4. The normalized spacial score (nSPS) is 11.8. The lowest BCUT2D eigenvalue weighted by Crippen LogP contribution is -2.00. The van der Waals surface area contributed by atoms with E-state index in [-0.39, 0.29) is 0 Å². The number of nitrogens with zero attached hydrogens (tertiary/aromatic N) is 4. The number of hydrogen-bond acceptors (Lipinski definition) is 6. The maximum atomic E-state index is 6.59. The van der Waals surface area contributed by atoms with Crippen LogP contribution in [0.25, 0.3) is 98.4 Å². The summed E-state index contributed by atoms with van der Waals surface area (Å²) in [7, 11) is 0. The first kappa shape index (κ1) is 26.9. The first-order chi connectivity index (χ1) is 23.8. The highest BCUT2D eigenvalue weighted by molar-refractivity contribution is 7.21. The Balaban J connectivity index is 1.12. The van der Waals surface area contributed by atoms with Crippen molar-refractivity contribution in [2.24, 2.45) is 0 Å². The zero-order valence-electron chi connectivity index (χ0n) is 25.5. The molecule has 3 heterocycles. The molecule has 0 spiro atoms. The van der Waals surface area contributed by atoms with Crippen LogP contribution in [0.3, 0.4) is 0 Å². The van der Waals surface area contributed by atoms with Crippen molar-refractivity contribution in [2.45, 2.75) is 0 Å². The SMILES string of the molecule is c1ccc(-c2nc(-c3ccccc3)nc(-c3cccc(-c4nc5c(ccc6c5oc5ccc7ccc8ccccc8c7c56)s4)c3)n2)cc1. The molecule has 0 atom stereocenters. The Hall–Kier alpha value is -6.24. The average molecular weight is 633 g/mol. The van der Waals surface area contributed by atoms with Gasteiger partial charge >= 0.3 is 0 Å². The molecule has 224 valence electrons. The zero-order valence-corrected chi connectivity index (χ0v) is 26.3. The summed E-state index contributed by atoms with van der Waals surface area (Å²) < 4.78 is 7.67. The Labute approximate surface area is 278 Å². The Morgan fingerprint density at radius 1 is 0.438 bits per heavy atom. The minimum absolute atomic E-state index is 0.615. The molecule has 0 fully saturated rings. The molecule has 6 heteroatoms. The third-order valence-electron chi connectivity index (χ3n) is 8.93. The van der Waals surface area contributed by atoms with Crippen LogP contribution >= 0.6 is 11.3 Å². The molecule has 0 aliphatic heterocycles. The van der Waals surface area contributed by atoms with E-state index in [0.717, 1.165) is 59.4 Å². The van der Waals surface area contributed by atoms with Crippen LogP contribution in [0.2, 0.25) is 0 Å². The molecule has 10 aromatic rings. The van der Waals surface area contributed by atoms with E-state index in [1.165, 1.54) is 21.5 Å². The summed E-state index contributed by atoms with van der Waals surface area (Å²) >= 11 is 1.66. The van der Waals surface area contributed by atoms with E-state index >= 15 is 0 Å². The van der Waals surface area contributed by atoms with E-state index < -0.39 is 0 Å². The second-order valence-electron chi connectivity index (χ2n) is 11.9. The quantitative estimate of drug-likeness (QED) is 0.181. The second kappa shape index (κ2) is 10.7. The molecule has 0 aliphatic rings. The van der Waals surface area contributed by atoms with Gasteiger partial charge in [-0.25, -0.2) is 19.9 Å². The summed E-state index contributed by atoms with van der Waals surface area (Å²) in [4.78, 5) is 19.9. The van der Waals surface area contributed by atoms with Gasteiger partial charge in [0.2, 0.25) is 0 Å². The van der Waals surface area contributed by atoms with Gasteiger partial charge in [-0.15, -0.1) is 11.3 Å². The molecular weight excluding hydrogens is 609 g/mol. The second-order valence-corrected chi connectivity index (χ2v) is 12.9. The van der Waals surface area contributed by atoms with Crippen molar-refractivity contribution in [3.8, 4) is 44.7 Å². The van der Waals surface area contributed by atoms with Gasteiger partial charge < -0.3 is 4.42 Å². The summed E-state index contributed by atoms with van der Waals surface area (Å²) in [6.45, 7) is 0. The number of hydrogen-bond donors (Lipinski definition) is 0. The lowest BCUT2D eigenvalue weighted by Gasteiger charge is -2.09. The molecule has 0 saturated heterocycles. The smallest absolute Gasteiger partial charge is 0.164 e. The topological polar surface area (TPSA) is 64.7 Å². The van der Waals surface area contributed by atoms with E-state index in [1.54, 1.807) is 11.3 Å². The van der Waals surface area contributed by atoms with Gasteiger partial charge in [0.25, 0.3) is 0 Å². The third-order valence-corrected chi connectivity index (χ3v) is 10.0. The van der Waals surface area contributed by atoms with Crippen LogP contribution in [0.15, 0.2) is 150 Å². The number of furan rings is 1. The zero-order chi connectivity index (χ0) is 31.6. The van der Waals surface area contributed by atoms with Gasteiger partial charge in [-0.2, -0.15) is 0 Å². The molecule has 0 amide bonds. The van der Waals surface area contributed by atoms with Gasteiger partial charge in [-0.1, -0.05) is 121 Å². The Kier molecular flexibility index (Phi) is 5.98. The van der Waals surface area contributed by atoms with Gasteiger partial charge in [-0.3, -0.25) is 0 Å². The number of rotatable bonds is 4. The monoisotopic (exact) mass is 632 g/mol. The highest BCUT2D eigenvalue weighted by Crippen LogP contribution is 2.42. The predicted molar refractivity (Wildman–Crippen MR) is 197 cm³/mol. The van der Waals surface area contributed by atoms with E-state index in [2.05, 4.69) is 72.8 Å². The molecule has 48 heavy (non-hydrogen) atoms. The Bertz CT molecular complexity index is 2780. The molecule has 3 aromatic heterocycles. The largest absolute Gasteiger partial charge is 0.454 e. The third kappa shape index (κ3) is 4.31. The summed E-state index contributed by atoms with van der Waals surface area (Å²) in [5, 5.41) is 7.99. The van der Waals surface area contributed by atoms with Gasteiger partial charge in [0, 0.05) is 38.4 Å². The first-order valence-electron chi connectivity index (χ1n) is 15.8. The molecular formula is C42H24N4OS. The van der Waals surface area contributed by atoms with E-state index in [9.17, 15) is 0 Å². The van der Waals surface area contributed by atoms with Crippen molar-refractivity contribution in [3.63, 3.8) is 0 Å². The van der Waals surface area contributed by atoms with E-state index in [1.807, 2.05) is 72.8 Å². The van der Waals surface area contributed by atoms with Gasteiger partial charge in [0.05, 0.1) is 4.70 Å². The summed E-state index contributed by atoms with van der Waals surface area (Å²) in [6.07, 6.45) is 0. The van der Waals surface area contributed by atoms with Crippen molar-refractivity contribution in [3.05, 3.63) is 146 Å². The average Bonchev–Trinajstić information content (AvgIpc) is 3.77. The van der Waals surface area contributed by atoms with Crippen LogP contribution in [-0.4, -0.2) is 19.9 Å². The Morgan fingerprint density at radius 2 is 1.06 bits per heavy atom. The van der Waals surface area contributed by atoms with E-state index in [0.29, 0.717) is 17.5 Å². The summed E-state index contributed by atoms with van der Waals surface area (Å²) in [6, 6.07) is 49.9. The van der Waals surface area contributed by atoms with Crippen LogP contribution < -0.4 is 0 Å². The molecule has 5 nitrogen and oxygen atoms in total. The molecule has 7 aromatic carbocycles. The van der Waals surface area contributed by atoms with E-state index in [4.69, 9.17) is 24.4 Å². The van der Waals surface area contributed by atoms with Gasteiger partial charge in [0.1, 0.15) is 16.1 Å². The molecule has 0 saturated carbocycles. The fourth-order valence-corrected chi connectivity index (χ4v) is 7.62. The lowest BCUT2D eigenvalue weighted by molar-refractivity contribution is 0.672. The standard InChI is InChI=1S/C42H24N4OS/c1-3-11-27(12-4-1)39-44-40(28-13-5-2-6-14-28)46-41(45-39)29-15-9-16-30(24-29)42-43-37-34(48-42)23-21-32-36-33(47-38(32)37)22-20-26-19-18-25-10-7-8-17-31(25)35(26)36/h1-24H. The lowest BCUT2D eigenvalue weighted by atomic mass is 9.97. The van der Waals surface area contributed by atoms with Crippen LogP contribution in [-0.2, 0) is 0 Å². The molecule has 0 unspecified atom stereocenters. The summed E-state index contributed by atoms with van der Waals surface area (Å²) in [5.74, 6) is 1.89. The van der Waals surface area contributed by atoms with Crippen molar-refractivity contribution in [1.29, 1.82) is 0 Å². The minimum Gasteiger partial charge on any atom is -0.454 e.